The Hall–Kier alpha value is -2.71. The standard InChI is InChI=1S/C28H39N3O4S/c1-4-26(28(33)29-24-13-9-6-10-14-24)31(20-19-23-11-7-5-8-12-23)27(32)21-30(3)36(34,35)25-17-15-22(2)16-18-25/h5,7-8,11-12,15-18,24,26H,4,6,9-10,13-14,19-21H2,1-3H3,(H,29,33). The van der Waals surface area contributed by atoms with Crippen LogP contribution in [0.15, 0.2) is 59.5 Å². The number of carbonyl (C=O) groups excluding carboxylic acids is 2. The highest BCUT2D eigenvalue weighted by Crippen LogP contribution is 2.19. The van der Waals surface area contributed by atoms with Crippen LogP contribution in [0.2, 0.25) is 0 Å². The maximum atomic E-state index is 13.5. The molecule has 196 valence electrons. The van der Waals surface area contributed by atoms with Crippen molar-refractivity contribution in [1.82, 2.24) is 14.5 Å². The van der Waals surface area contributed by atoms with Crippen LogP contribution in [0.4, 0.5) is 0 Å². The first-order valence-electron chi connectivity index (χ1n) is 12.9. The summed E-state index contributed by atoms with van der Waals surface area (Å²) < 4.78 is 27.3. The second kappa shape index (κ2) is 13.0. The van der Waals surface area contributed by atoms with E-state index in [1.807, 2.05) is 44.2 Å². The molecule has 1 unspecified atom stereocenters. The summed E-state index contributed by atoms with van der Waals surface area (Å²) in [5.74, 6) is -0.537. The van der Waals surface area contributed by atoms with E-state index in [1.165, 1.54) is 13.5 Å². The van der Waals surface area contributed by atoms with Gasteiger partial charge in [-0.1, -0.05) is 74.2 Å². The molecular weight excluding hydrogens is 474 g/mol. The highest BCUT2D eigenvalue weighted by Gasteiger charge is 2.32. The zero-order valence-corrected chi connectivity index (χ0v) is 22.5. The largest absolute Gasteiger partial charge is 0.352 e. The number of rotatable bonds is 11. The minimum atomic E-state index is -3.84. The molecule has 0 saturated heterocycles. The van der Waals surface area contributed by atoms with Gasteiger partial charge in [0.1, 0.15) is 6.04 Å². The Balaban J connectivity index is 1.78. The van der Waals surface area contributed by atoms with Crippen molar-refractivity contribution < 1.29 is 18.0 Å². The first kappa shape index (κ1) is 27.9. The van der Waals surface area contributed by atoms with Crippen molar-refractivity contribution in [2.45, 2.75) is 75.8 Å². The Labute approximate surface area is 215 Å². The second-order valence-electron chi connectivity index (χ2n) is 9.66. The van der Waals surface area contributed by atoms with E-state index >= 15 is 0 Å². The zero-order chi connectivity index (χ0) is 26.1. The number of likely N-dealkylation sites (N-methyl/N-ethyl adjacent to an activating group) is 1. The third-order valence-corrected chi connectivity index (χ3v) is 8.73. The molecule has 1 N–H and O–H groups in total. The monoisotopic (exact) mass is 513 g/mol. The van der Waals surface area contributed by atoms with Crippen LogP contribution in [0.3, 0.4) is 0 Å². The smallest absolute Gasteiger partial charge is 0.243 e. The third-order valence-electron chi connectivity index (χ3n) is 6.91. The maximum absolute atomic E-state index is 13.5. The first-order chi connectivity index (χ1) is 17.2. The molecule has 0 radical (unpaired) electrons. The molecule has 3 rings (SSSR count). The number of nitrogens with one attached hydrogen (secondary N) is 1. The fourth-order valence-electron chi connectivity index (χ4n) is 4.70. The van der Waals surface area contributed by atoms with Gasteiger partial charge in [0.2, 0.25) is 21.8 Å². The lowest BCUT2D eigenvalue weighted by Gasteiger charge is -2.33. The molecule has 2 aromatic rings. The molecule has 1 aliphatic carbocycles. The summed E-state index contributed by atoms with van der Waals surface area (Å²) in [4.78, 5) is 28.5. The highest BCUT2D eigenvalue weighted by molar-refractivity contribution is 7.89. The topological polar surface area (TPSA) is 86.8 Å². The predicted molar refractivity (Wildman–Crippen MR) is 142 cm³/mol. The van der Waals surface area contributed by atoms with Crippen molar-refractivity contribution in [3.63, 3.8) is 0 Å². The van der Waals surface area contributed by atoms with Crippen molar-refractivity contribution in [2.24, 2.45) is 0 Å². The minimum Gasteiger partial charge on any atom is -0.352 e. The fourth-order valence-corrected chi connectivity index (χ4v) is 5.82. The van der Waals surface area contributed by atoms with Crippen LogP contribution in [0.1, 0.15) is 56.6 Å². The molecule has 36 heavy (non-hydrogen) atoms. The van der Waals surface area contributed by atoms with Crippen LogP contribution in [0.25, 0.3) is 0 Å². The summed E-state index contributed by atoms with van der Waals surface area (Å²) in [6.45, 7) is 3.77. The lowest BCUT2D eigenvalue weighted by molar-refractivity contribution is -0.141. The maximum Gasteiger partial charge on any atom is 0.243 e. The van der Waals surface area contributed by atoms with Crippen LogP contribution < -0.4 is 5.32 Å². The van der Waals surface area contributed by atoms with Gasteiger partial charge >= 0.3 is 0 Å². The van der Waals surface area contributed by atoms with Crippen LogP contribution in [0.5, 0.6) is 0 Å². The quantitative estimate of drug-likeness (QED) is 0.494. The molecule has 1 atom stereocenters. The van der Waals surface area contributed by atoms with Crippen LogP contribution in [0, 0.1) is 6.92 Å². The van der Waals surface area contributed by atoms with Crippen molar-refractivity contribution in [3.8, 4) is 0 Å². The van der Waals surface area contributed by atoms with Crippen molar-refractivity contribution >= 4 is 21.8 Å². The number of amides is 2. The molecule has 8 heteroatoms. The van der Waals surface area contributed by atoms with Crippen molar-refractivity contribution in [3.05, 3.63) is 65.7 Å². The van der Waals surface area contributed by atoms with E-state index in [1.54, 1.807) is 29.2 Å². The number of carbonyl (C=O) groups is 2. The Morgan fingerprint density at radius 2 is 1.64 bits per heavy atom. The summed E-state index contributed by atoms with van der Waals surface area (Å²) in [5.41, 5.74) is 2.01. The van der Waals surface area contributed by atoms with E-state index in [-0.39, 0.29) is 29.3 Å². The van der Waals surface area contributed by atoms with Gasteiger partial charge in [-0.05, 0) is 50.3 Å². The summed E-state index contributed by atoms with van der Waals surface area (Å²) in [6, 6.07) is 15.8. The van der Waals surface area contributed by atoms with Gasteiger partial charge < -0.3 is 10.2 Å². The Morgan fingerprint density at radius 3 is 2.25 bits per heavy atom. The van der Waals surface area contributed by atoms with Crippen LogP contribution >= 0.6 is 0 Å². The van der Waals surface area contributed by atoms with E-state index in [0.717, 1.165) is 41.1 Å². The number of hydrogen-bond donors (Lipinski definition) is 1. The molecule has 0 aliphatic heterocycles. The molecule has 0 spiro atoms. The van der Waals surface area contributed by atoms with E-state index in [0.29, 0.717) is 19.4 Å². The molecule has 7 nitrogen and oxygen atoms in total. The first-order valence-corrected chi connectivity index (χ1v) is 14.3. The van der Waals surface area contributed by atoms with Crippen molar-refractivity contribution in [1.29, 1.82) is 0 Å². The molecule has 0 bridgehead atoms. The van der Waals surface area contributed by atoms with Gasteiger partial charge in [0.15, 0.2) is 0 Å². The number of benzene rings is 2. The van der Waals surface area contributed by atoms with E-state index in [2.05, 4.69) is 5.32 Å². The number of hydrogen-bond acceptors (Lipinski definition) is 4. The summed E-state index contributed by atoms with van der Waals surface area (Å²) in [5, 5.41) is 3.15. The van der Waals surface area contributed by atoms with Crippen molar-refractivity contribution in [2.75, 3.05) is 20.1 Å². The predicted octanol–water partition coefficient (Wildman–Crippen LogP) is 3.91. The van der Waals surface area contributed by atoms with Crippen LogP contribution in [-0.4, -0.2) is 61.7 Å². The average Bonchev–Trinajstić information content (AvgIpc) is 2.87. The van der Waals surface area contributed by atoms with Gasteiger partial charge in [0.05, 0.1) is 11.4 Å². The molecule has 1 fully saturated rings. The Bertz CT molecular complexity index is 1100. The van der Waals surface area contributed by atoms with Gasteiger partial charge in [0, 0.05) is 19.6 Å². The summed E-state index contributed by atoms with van der Waals surface area (Å²) >= 11 is 0. The summed E-state index contributed by atoms with van der Waals surface area (Å²) in [6.07, 6.45) is 6.32. The minimum absolute atomic E-state index is 0.135. The number of nitrogens with zero attached hydrogens (tertiary/aromatic N) is 2. The average molecular weight is 514 g/mol. The molecule has 0 heterocycles. The van der Waals surface area contributed by atoms with E-state index in [9.17, 15) is 18.0 Å². The molecule has 2 amide bonds. The zero-order valence-electron chi connectivity index (χ0n) is 21.7. The Morgan fingerprint density at radius 1 is 1.00 bits per heavy atom. The number of aryl methyl sites for hydroxylation is 1. The molecular formula is C28H39N3O4S. The Kier molecular flexibility index (Phi) is 10.1. The second-order valence-corrected chi connectivity index (χ2v) is 11.7. The van der Waals surface area contributed by atoms with Crippen LogP contribution in [-0.2, 0) is 26.0 Å². The SMILES string of the molecule is CCC(C(=O)NC1CCCCC1)N(CCc1ccccc1)C(=O)CN(C)S(=O)(=O)c1ccc(C)cc1. The number of sulfonamides is 1. The van der Waals surface area contributed by atoms with Gasteiger partial charge in [-0.25, -0.2) is 8.42 Å². The lowest BCUT2D eigenvalue weighted by Crippen LogP contribution is -2.54. The molecule has 0 aromatic heterocycles. The van der Waals surface area contributed by atoms with E-state index < -0.39 is 16.1 Å². The van der Waals surface area contributed by atoms with Gasteiger partial charge in [-0.3, -0.25) is 9.59 Å². The fraction of sp³-hybridized carbons (Fsp3) is 0.500. The van der Waals surface area contributed by atoms with Gasteiger partial charge in [0.25, 0.3) is 0 Å². The van der Waals surface area contributed by atoms with Gasteiger partial charge in [-0.15, -0.1) is 0 Å². The lowest BCUT2D eigenvalue weighted by atomic mass is 9.95. The summed E-state index contributed by atoms with van der Waals surface area (Å²) in [7, 11) is -2.43. The molecule has 1 saturated carbocycles. The van der Waals surface area contributed by atoms with Gasteiger partial charge in [-0.2, -0.15) is 4.31 Å². The normalized spacial score (nSPS) is 15.4. The highest BCUT2D eigenvalue weighted by atomic mass is 32.2. The third kappa shape index (κ3) is 7.40. The van der Waals surface area contributed by atoms with E-state index in [4.69, 9.17) is 0 Å². The molecule has 1 aliphatic rings. The molecule has 2 aromatic carbocycles.